The first-order valence-corrected chi connectivity index (χ1v) is 5.96. The van der Waals surface area contributed by atoms with Gasteiger partial charge in [-0.05, 0) is 25.3 Å². The lowest BCUT2D eigenvalue weighted by molar-refractivity contribution is -0.384. The van der Waals surface area contributed by atoms with E-state index in [-0.39, 0.29) is 5.69 Å². The molecule has 1 aliphatic rings. The molecule has 0 bridgehead atoms. The zero-order chi connectivity index (χ0) is 13.1. The van der Waals surface area contributed by atoms with Crippen molar-refractivity contribution in [2.75, 3.05) is 6.54 Å². The Morgan fingerprint density at radius 3 is 2.94 bits per heavy atom. The summed E-state index contributed by atoms with van der Waals surface area (Å²) in [4.78, 5) is 10.3. The SMILES string of the molecule is CC1=C(Cc2cccc([N+](=O)[O-])c2)N(O)CCC1. The third-order valence-electron chi connectivity index (χ3n) is 3.22. The number of hydrogen-bond donors (Lipinski definition) is 1. The van der Waals surface area contributed by atoms with Gasteiger partial charge >= 0.3 is 0 Å². The highest BCUT2D eigenvalue weighted by Crippen LogP contribution is 2.24. The van der Waals surface area contributed by atoms with Crippen molar-refractivity contribution in [3.8, 4) is 0 Å². The normalized spacial score (nSPS) is 16.0. The molecule has 5 nitrogen and oxygen atoms in total. The van der Waals surface area contributed by atoms with Crippen molar-refractivity contribution in [2.24, 2.45) is 0 Å². The Morgan fingerprint density at radius 1 is 1.50 bits per heavy atom. The van der Waals surface area contributed by atoms with Crippen molar-refractivity contribution in [3.63, 3.8) is 0 Å². The molecule has 96 valence electrons. The molecule has 1 N–H and O–H groups in total. The van der Waals surface area contributed by atoms with Crippen molar-refractivity contribution in [2.45, 2.75) is 26.2 Å². The van der Waals surface area contributed by atoms with E-state index < -0.39 is 4.92 Å². The van der Waals surface area contributed by atoms with Crippen molar-refractivity contribution < 1.29 is 10.1 Å². The zero-order valence-corrected chi connectivity index (χ0v) is 10.3. The summed E-state index contributed by atoms with van der Waals surface area (Å²) in [5.41, 5.74) is 2.95. The molecule has 2 rings (SSSR count). The van der Waals surface area contributed by atoms with Gasteiger partial charge in [0.2, 0.25) is 0 Å². The van der Waals surface area contributed by atoms with Gasteiger partial charge in [-0.15, -0.1) is 0 Å². The van der Waals surface area contributed by atoms with Gasteiger partial charge in [0, 0.05) is 30.8 Å². The van der Waals surface area contributed by atoms with Crippen molar-refractivity contribution in [1.82, 2.24) is 5.06 Å². The van der Waals surface area contributed by atoms with E-state index in [9.17, 15) is 15.3 Å². The highest BCUT2D eigenvalue weighted by molar-refractivity contribution is 5.36. The van der Waals surface area contributed by atoms with Crippen LogP contribution in [-0.2, 0) is 6.42 Å². The Bertz CT molecular complexity index is 497. The molecule has 1 aromatic carbocycles. The summed E-state index contributed by atoms with van der Waals surface area (Å²) >= 11 is 0. The number of hydroxylamine groups is 2. The molecule has 0 spiro atoms. The minimum absolute atomic E-state index is 0.0889. The number of non-ortho nitro benzene ring substituents is 1. The van der Waals surface area contributed by atoms with Crippen LogP contribution in [0.1, 0.15) is 25.3 Å². The first kappa shape index (κ1) is 12.6. The van der Waals surface area contributed by atoms with Gasteiger partial charge in [-0.3, -0.25) is 20.4 Å². The van der Waals surface area contributed by atoms with Crippen LogP contribution in [0.4, 0.5) is 5.69 Å². The number of benzene rings is 1. The van der Waals surface area contributed by atoms with Gasteiger partial charge in [-0.1, -0.05) is 17.7 Å². The molecule has 1 heterocycles. The Balaban J connectivity index is 2.23. The maximum absolute atomic E-state index is 10.7. The first-order valence-electron chi connectivity index (χ1n) is 5.96. The Kier molecular flexibility index (Phi) is 3.62. The molecule has 18 heavy (non-hydrogen) atoms. The summed E-state index contributed by atoms with van der Waals surface area (Å²) in [6.07, 6.45) is 2.45. The highest BCUT2D eigenvalue weighted by atomic mass is 16.6. The maximum atomic E-state index is 10.7. The molecule has 0 saturated heterocycles. The minimum Gasteiger partial charge on any atom is -0.289 e. The monoisotopic (exact) mass is 248 g/mol. The molecule has 0 amide bonds. The van der Waals surface area contributed by atoms with Crippen molar-refractivity contribution in [1.29, 1.82) is 0 Å². The number of nitro groups is 1. The van der Waals surface area contributed by atoms with E-state index in [1.165, 1.54) is 11.1 Å². The molecule has 0 radical (unpaired) electrons. The van der Waals surface area contributed by atoms with Crippen molar-refractivity contribution in [3.05, 3.63) is 51.2 Å². The van der Waals surface area contributed by atoms with E-state index in [0.29, 0.717) is 13.0 Å². The largest absolute Gasteiger partial charge is 0.289 e. The Morgan fingerprint density at radius 2 is 2.28 bits per heavy atom. The minimum atomic E-state index is -0.400. The molecular weight excluding hydrogens is 232 g/mol. The topological polar surface area (TPSA) is 66.6 Å². The lowest BCUT2D eigenvalue weighted by atomic mass is 9.99. The average molecular weight is 248 g/mol. The summed E-state index contributed by atoms with van der Waals surface area (Å²) in [5, 5.41) is 21.8. The molecular formula is C13H16N2O3. The summed E-state index contributed by atoms with van der Waals surface area (Å²) in [6.45, 7) is 2.62. The molecule has 0 aliphatic carbocycles. The van der Waals surface area contributed by atoms with Crippen LogP contribution in [0.15, 0.2) is 35.5 Å². The Labute approximate surface area is 105 Å². The fourth-order valence-corrected chi connectivity index (χ4v) is 2.21. The number of hydrogen-bond acceptors (Lipinski definition) is 4. The van der Waals surface area contributed by atoms with E-state index in [2.05, 4.69) is 0 Å². The summed E-state index contributed by atoms with van der Waals surface area (Å²) in [6, 6.07) is 6.55. The van der Waals surface area contributed by atoms with Crippen molar-refractivity contribution >= 4 is 5.69 Å². The van der Waals surface area contributed by atoms with Crippen LogP contribution in [0.25, 0.3) is 0 Å². The van der Waals surface area contributed by atoms with E-state index in [0.717, 1.165) is 29.7 Å². The fraction of sp³-hybridized carbons (Fsp3) is 0.385. The molecule has 0 saturated carbocycles. The quantitative estimate of drug-likeness (QED) is 0.659. The summed E-state index contributed by atoms with van der Waals surface area (Å²) in [7, 11) is 0. The molecule has 0 unspecified atom stereocenters. The van der Waals surface area contributed by atoms with Crippen LogP contribution in [0.3, 0.4) is 0 Å². The van der Waals surface area contributed by atoms with E-state index >= 15 is 0 Å². The van der Waals surface area contributed by atoms with Crippen LogP contribution >= 0.6 is 0 Å². The smallest absolute Gasteiger partial charge is 0.269 e. The number of allylic oxidation sites excluding steroid dienone is 2. The van der Waals surface area contributed by atoms with E-state index in [1.54, 1.807) is 12.1 Å². The van der Waals surface area contributed by atoms with Gasteiger partial charge in [0.25, 0.3) is 5.69 Å². The van der Waals surface area contributed by atoms with Crippen LogP contribution in [0.2, 0.25) is 0 Å². The van der Waals surface area contributed by atoms with Gasteiger partial charge in [0.1, 0.15) is 0 Å². The number of rotatable bonds is 3. The van der Waals surface area contributed by atoms with Crippen LogP contribution in [0, 0.1) is 10.1 Å². The second kappa shape index (κ2) is 5.18. The third-order valence-corrected chi connectivity index (χ3v) is 3.22. The zero-order valence-electron chi connectivity index (χ0n) is 10.3. The lowest BCUT2D eigenvalue weighted by Crippen LogP contribution is -2.26. The van der Waals surface area contributed by atoms with Gasteiger partial charge < -0.3 is 0 Å². The fourth-order valence-electron chi connectivity index (χ4n) is 2.21. The van der Waals surface area contributed by atoms with Crippen LogP contribution in [0.5, 0.6) is 0 Å². The van der Waals surface area contributed by atoms with Crippen LogP contribution in [-0.4, -0.2) is 21.7 Å². The predicted molar refractivity (Wildman–Crippen MR) is 67.2 cm³/mol. The molecule has 5 heteroatoms. The first-order chi connectivity index (χ1) is 8.58. The summed E-state index contributed by atoms with van der Waals surface area (Å²) < 4.78 is 0. The molecule has 0 fully saturated rings. The molecule has 0 aromatic heterocycles. The summed E-state index contributed by atoms with van der Waals surface area (Å²) in [5.74, 6) is 0. The second-order valence-corrected chi connectivity index (χ2v) is 4.56. The second-order valence-electron chi connectivity index (χ2n) is 4.56. The predicted octanol–water partition coefficient (Wildman–Crippen LogP) is 2.90. The number of nitrogens with zero attached hydrogens (tertiary/aromatic N) is 2. The van der Waals surface area contributed by atoms with Crippen LogP contribution < -0.4 is 0 Å². The van der Waals surface area contributed by atoms with Gasteiger partial charge in [-0.25, -0.2) is 0 Å². The molecule has 1 aromatic rings. The van der Waals surface area contributed by atoms with Gasteiger partial charge in [0.15, 0.2) is 0 Å². The molecule has 1 aliphatic heterocycles. The standard InChI is InChI=1S/C13H16N2O3/c1-10-4-3-7-14(16)13(10)9-11-5-2-6-12(8-11)15(17)18/h2,5-6,8,16H,3-4,7,9H2,1H3. The van der Waals surface area contributed by atoms with E-state index in [1.807, 2.05) is 13.0 Å². The number of nitro benzene ring substituents is 1. The third kappa shape index (κ3) is 2.68. The van der Waals surface area contributed by atoms with E-state index in [4.69, 9.17) is 0 Å². The Hall–Kier alpha value is -1.88. The highest BCUT2D eigenvalue weighted by Gasteiger charge is 2.17. The average Bonchev–Trinajstić information content (AvgIpc) is 2.34. The van der Waals surface area contributed by atoms with Gasteiger partial charge in [0.05, 0.1) is 4.92 Å². The maximum Gasteiger partial charge on any atom is 0.269 e. The van der Waals surface area contributed by atoms with Gasteiger partial charge in [-0.2, -0.15) is 0 Å². The lowest BCUT2D eigenvalue weighted by Gasteiger charge is -2.27. The molecule has 0 atom stereocenters.